The molecule has 0 atom stereocenters. The fraction of sp³-hybridized carbons (Fsp3) is 0.0833. The average molecular weight is 224 g/mol. The molecule has 1 aliphatic rings. The van der Waals surface area contributed by atoms with E-state index >= 15 is 0 Å². The minimum absolute atomic E-state index is 0.812. The highest BCUT2D eigenvalue weighted by Crippen LogP contribution is 2.42. The number of fused-ring (bicyclic) bond motifs is 1. The normalized spacial score (nSPS) is 12.1. The van der Waals surface area contributed by atoms with Crippen molar-refractivity contribution >= 4 is 18.9 Å². The highest BCUT2D eigenvalue weighted by atomic mass is 16.5. The zero-order chi connectivity index (χ0) is 11.7. The molecule has 0 aliphatic carbocycles. The van der Waals surface area contributed by atoms with E-state index < -0.39 is 0 Å². The van der Waals surface area contributed by atoms with Gasteiger partial charge in [-0.2, -0.15) is 0 Å². The molecule has 1 aliphatic heterocycles. The first-order chi connectivity index (χ1) is 8.40. The van der Waals surface area contributed by atoms with Crippen molar-refractivity contribution in [1.29, 1.82) is 0 Å². The van der Waals surface area contributed by atoms with Crippen LogP contribution in [0.3, 0.4) is 0 Å². The van der Waals surface area contributed by atoms with E-state index in [1.165, 1.54) is 0 Å². The smallest absolute Gasteiger partial charge is 0.385 e. The van der Waals surface area contributed by atoms with Gasteiger partial charge in [0.2, 0.25) is 0 Å². The van der Waals surface area contributed by atoms with E-state index in [4.69, 9.17) is 4.74 Å². The maximum Gasteiger partial charge on any atom is 0.385 e. The minimum atomic E-state index is 0.812. The molecule has 5 heteroatoms. The number of pyridine rings is 1. The van der Waals surface area contributed by atoms with Gasteiger partial charge < -0.3 is 15.2 Å². The van der Waals surface area contributed by atoms with Gasteiger partial charge in [-0.1, -0.05) is 6.07 Å². The van der Waals surface area contributed by atoms with Gasteiger partial charge in [0, 0.05) is 11.9 Å². The van der Waals surface area contributed by atoms with Gasteiger partial charge in [-0.3, -0.25) is 4.98 Å². The lowest BCUT2D eigenvalue weighted by atomic mass is 10.1. The third-order valence-corrected chi connectivity index (χ3v) is 2.75. The predicted octanol–water partition coefficient (Wildman–Crippen LogP) is 2.13. The van der Waals surface area contributed by atoms with Crippen molar-refractivity contribution < 1.29 is 4.74 Å². The number of rotatable bonds is 2. The number of benzene rings is 1. The summed E-state index contributed by atoms with van der Waals surface area (Å²) in [6.45, 7) is 0. The Hall–Kier alpha value is -2.17. The first-order valence-corrected chi connectivity index (χ1v) is 5.37. The van der Waals surface area contributed by atoms with Crippen LogP contribution in [0.1, 0.15) is 0 Å². The molecule has 2 aromatic rings. The fourth-order valence-electron chi connectivity index (χ4n) is 1.97. The Kier molecular flexibility index (Phi) is 2.36. The number of aromatic nitrogens is 1. The van der Waals surface area contributed by atoms with Crippen LogP contribution in [0.4, 0.5) is 11.4 Å². The first-order valence-electron chi connectivity index (χ1n) is 5.37. The Labute approximate surface area is 100 Å². The highest BCUT2D eigenvalue weighted by molar-refractivity contribution is 6.49. The van der Waals surface area contributed by atoms with Crippen molar-refractivity contribution in [3.63, 3.8) is 0 Å². The number of hydrogen-bond donors (Lipinski definition) is 2. The van der Waals surface area contributed by atoms with Gasteiger partial charge in [-0.25, -0.2) is 0 Å². The van der Waals surface area contributed by atoms with Gasteiger partial charge in [-0.05, 0) is 24.3 Å². The lowest BCUT2D eigenvalue weighted by molar-refractivity contribution is 0.416. The summed E-state index contributed by atoms with van der Waals surface area (Å²) in [6, 6.07) is 9.76. The molecule has 83 valence electrons. The molecular weight excluding hydrogens is 213 g/mol. The molecule has 17 heavy (non-hydrogen) atoms. The first kappa shape index (κ1) is 10.0. The number of methoxy groups -OCH3 is 1. The number of nitrogens with one attached hydrogen (secondary N) is 2. The van der Waals surface area contributed by atoms with E-state index in [1.807, 2.05) is 30.3 Å². The summed E-state index contributed by atoms with van der Waals surface area (Å²) in [5, 5.41) is 6.33. The quantitative estimate of drug-likeness (QED) is 0.767. The molecule has 0 saturated carbocycles. The third kappa shape index (κ3) is 1.60. The van der Waals surface area contributed by atoms with Crippen LogP contribution in [-0.4, -0.2) is 19.6 Å². The summed E-state index contributed by atoms with van der Waals surface area (Å²) in [5.41, 5.74) is 3.91. The topological polar surface area (TPSA) is 46.2 Å². The third-order valence-electron chi connectivity index (χ3n) is 2.75. The molecule has 0 fully saturated rings. The van der Waals surface area contributed by atoms with Crippen molar-refractivity contribution in [3.8, 4) is 17.0 Å². The summed E-state index contributed by atoms with van der Waals surface area (Å²) in [4.78, 5) is 4.37. The van der Waals surface area contributed by atoms with Gasteiger partial charge in [0.1, 0.15) is 5.75 Å². The predicted molar refractivity (Wildman–Crippen MR) is 69.2 cm³/mol. The highest BCUT2D eigenvalue weighted by Gasteiger charge is 2.20. The monoisotopic (exact) mass is 224 g/mol. The van der Waals surface area contributed by atoms with Crippen molar-refractivity contribution in [2.24, 2.45) is 0 Å². The van der Waals surface area contributed by atoms with Crippen molar-refractivity contribution in [2.45, 2.75) is 0 Å². The Morgan fingerprint density at radius 2 is 2.12 bits per heavy atom. The zero-order valence-corrected chi connectivity index (χ0v) is 9.40. The molecule has 0 spiro atoms. The summed E-state index contributed by atoms with van der Waals surface area (Å²) < 4.78 is 5.40. The molecule has 2 heterocycles. The van der Waals surface area contributed by atoms with E-state index in [2.05, 4.69) is 15.4 Å². The molecule has 1 radical (unpaired) electrons. The molecular formula is C12H11BN3O. The van der Waals surface area contributed by atoms with E-state index in [9.17, 15) is 0 Å². The molecule has 4 nitrogen and oxygen atoms in total. The van der Waals surface area contributed by atoms with Crippen molar-refractivity contribution in [1.82, 2.24) is 4.98 Å². The fourth-order valence-corrected chi connectivity index (χ4v) is 1.97. The van der Waals surface area contributed by atoms with Crippen LogP contribution in [0, 0.1) is 0 Å². The largest absolute Gasteiger partial charge is 0.496 e. The standard InChI is InChI=1S/C12H11BN3O/c1-17-10-6-5-9-12(16-13-15-9)11(10)8-4-2-3-7-14-8/h2-7,15-16H,1H3. The number of hydrogen-bond acceptors (Lipinski definition) is 4. The van der Waals surface area contributed by atoms with Crippen LogP contribution >= 0.6 is 0 Å². The van der Waals surface area contributed by atoms with Crippen molar-refractivity contribution in [2.75, 3.05) is 17.6 Å². The van der Waals surface area contributed by atoms with Gasteiger partial charge in [0.25, 0.3) is 0 Å². The summed E-state index contributed by atoms with van der Waals surface area (Å²) in [5.74, 6) is 0.812. The maximum absolute atomic E-state index is 5.40. The van der Waals surface area contributed by atoms with E-state index in [0.29, 0.717) is 0 Å². The van der Waals surface area contributed by atoms with E-state index in [-0.39, 0.29) is 0 Å². The Balaban J connectivity index is 2.24. The van der Waals surface area contributed by atoms with Gasteiger partial charge >= 0.3 is 7.55 Å². The van der Waals surface area contributed by atoms with E-state index in [1.54, 1.807) is 20.9 Å². The average Bonchev–Trinajstić information content (AvgIpc) is 2.86. The van der Waals surface area contributed by atoms with Crippen LogP contribution < -0.4 is 15.2 Å². The molecule has 0 unspecified atom stereocenters. The maximum atomic E-state index is 5.40. The molecule has 2 N–H and O–H groups in total. The second-order valence-electron chi connectivity index (χ2n) is 3.71. The number of ether oxygens (including phenoxy) is 1. The molecule has 0 amide bonds. The molecule has 1 aromatic carbocycles. The SMILES string of the molecule is COc1ccc2c(c1-c1ccccn1)N[B]N2. The van der Waals surface area contributed by atoms with Gasteiger partial charge in [-0.15, -0.1) is 0 Å². The molecule has 1 aromatic heterocycles. The molecule has 0 bridgehead atoms. The van der Waals surface area contributed by atoms with Gasteiger partial charge in [0.05, 0.1) is 24.1 Å². The summed E-state index contributed by atoms with van der Waals surface area (Å²) in [6.07, 6.45) is 1.78. The number of nitrogens with zero attached hydrogens (tertiary/aromatic N) is 1. The Morgan fingerprint density at radius 1 is 1.18 bits per heavy atom. The summed E-state index contributed by atoms with van der Waals surface area (Å²) in [7, 11) is 3.47. The Morgan fingerprint density at radius 3 is 2.88 bits per heavy atom. The summed E-state index contributed by atoms with van der Waals surface area (Å²) >= 11 is 0. The van der Waals surface area contributed by atoms with E-state index in [0.717, 1.165) is 28.4 Å². The van der Waals surface area contributed by atoms with Crippen LogP contribution in [0.25, 0.3) is 11.3 Å². The second-order valence-corrected chi connectivity index (χ2v) is 3.71. The molecule has 0 saturated heterocycles. The zero-order valence-electron chi connectivity index (χ0n) is 9.40. The van der Waals surface area contributed by atoms with Crippen LogP contribution in [-0.2, 0) is 0 Å². The van der Waals surface area contributed by atoms with Crippen LogP contribution in [0.5, 0.6) is 5.75 Å². The minimum Gasteiger partial charge on any atom is -0.496 e. The van der Waals surface area contributed by atoms with Crippen LogP contribution in [0.2, 0.25) is 0 Å². The lowest BCUT2D eigenvalue weighted by Gasteiger charge is -2.12. The molecule has 3 rings (SSSR count). The lowest BCUT2D eigenvalue weighted by Crippen LogP contribution is -2.06. The Bertz CT molecular complexity index is 545. The van der Waals surface area contributed by atoms with Crippen molar-refractivity contribution in [3.05, 3.63) is 36.5 Å². The van der Waals surface area contributed by atoms with Gasteiger partial charge in [0.15, 0.2) is 0 Å². The number of anilines is 2. The second kappa shape index (κ2) is 4.01. The van der Waals surface area contributed by atoms with Crippen LogP contribution in [0.15, 0.2) is 36.5 Å².